The summed E-state index contributed by atoms with van der Waals surface area (Å²) in [5.41, 5.74) is 2.08. The lowest BCUT2D eigenvalue weighted by atomic mass is 10.1. The topological polar surface area (TPSA) is 52.6 Å². The molecule has 0 unspecified atom stereocenters. The minimum atomic E-state index is -0.327. The smallest absolute Gasteiger partial charge is 0.338 e. The molecule has 22 heavy (non-hydrogen) atoms. The van der Waals surface area contributed by atoms with Gasteiger partial charge in [0.2, 0.25) is 0 Å². The summed E-state index contributed by atoms with van der Waals surface area (Å²) in [5, 5.41) is 0. The molecule has 0 atom stereocenters. The third-order valence-corrected chi connectivity index (χ3v) is 2.95. The van der Waals surface area contributed by atoms with Crippen molar-refractivity contribution in [2.45, 2.75) is 26.6 Å². The van der Waals surface area contributed by atoms with Gasteiger partial charge in [0, 0.05) is 5.56 Å². The van der Waals surface area contributed by atoms with Gasteiger partial charge >= 0.3 is 5.97 Å². The van der Waals surface area contributed by atoms with Crippen LogP contribution in [0.4, 0.5) is 0 Å². The molecule has 4 heteroatoms. The standard InChI is InChI=1S/C18H18O4/c1-13(2)22-18(20)16-7-3-15(4-8-16)12-21-17-9-5-14(11-19)6-10-17/h3-11,13H,12H2,1-2H3. The Morgan fingerprint density at radius 3 is 2.23 bits per heavy atom. The maximum Gasteiger partial charge on any atom is 0.338 e. The first-order chi connectivity index (χ1) is 10.6. The molecule has 0 aromatic heterocycles. The summed E-state index contributed by atoms with van der Waals surface area (Å²) in [6.45, 7) is 4.02. The van der Waals surface area contributed by atoms with Crippen molar-refractivity contribution in [3.05, 3.63) is 65.2 Å². The molecule has 2 rings (SSSR count). The quantitative estimate of drug-likeness (QED) is 0.603. The molecule has 0 fully saturated rings. The van der Waals surface area contributed by atoms with Gasteiger partial charge in [-0.3, -0.25) is 4.79 Å². The summed E-state index contributed by atoms with van der Waals surface area (Å²) in [6, 6.07) is 14.0. The molecule has 2 aromatic carbocycles. The van der Waals surface area contributed by atoms with Gasteiger partial charge < -0.3 is 9.47 Å². The molecule has 2 aromatic rings. The van der Waals surface area contributed by atoms with Crippen molar-refractivity contribution in [3.8, 4) is 5.75 Å². The molecule has 0 N–H and O–H groups in total. The van der Waals surface area contributed by atoms with Crippen LogP contribution < -0.4 is 4.74 Å². The van der Waals surface area contributed by atoms with E-state index in [9.17, 15) is 9.59 Å². The van der Waals surface area contributed by atoms with Crippen LogP contribution in [0.1, 0.15) is 40.1 Å². The first-order valence-electron chi connectivity index (χ1n) is 7.06. The molecule has 114 valence electrons. The molecule has 0 saturated heterocycles. The molecule has 0 radical (unpaired) electrons. The zero-order valence-electron chi connectivity index (χ0n) is 12.6. The van der Waals surface area contributed by atoms with Gasteiger partial charge in [0.05, 0.1) is 11.7 Å². The van der Waals surface area contributed by atoms with E-state index in [1.807, 2.05) is 26.0 Å². The monoisotopic (exact) mass is 298 g/mol. The van der Waals surface area contributed by atoms with Crippen molar-refractivity contribution >= 4 is 12.3 Å². The van der Waals surface area contributed by atoms with E-state index < -0.39 is 0 Å². The SMILES string of the molecule is CC(C)OC(=O)c1ccc(COc2ccc(C=O)cc2)cc1. The molecular formula is C18H18O4. The van der Waals surface area contributed by atoms with Gasteiger partial charge in [0.1, 0.15) is 18.6 Å². The van der Waals surface area contributed by atoms with Gasteiger partial charge in [-0.05, 0) is 55.8 Å². The minimum absolute atomic E-state index is 0.134. The van der Waals surface area contributed by atoms with Gasteiger partial charge in [0.25, 0.3) is 0 Å². The van der Waals surface area contributed by atoms with Crippen molar-refractivity contribution in [1.29, 1.82) is 0 Å². The fourth-order valence-corrected chi connectivity index (χ4v) is 1.83. The molecule has 0 heterocycles. The number of hydrogen-bond acceptors (Lipinski definition) is 4. The van der Waals surface area contributed by atoms with Crippen LogP contribution in [0.15, 0.2) is 48.5 Å². The van der Waals surface area contributed by atoms with Crippen LogP contribution in [0.25, 0.3) is 0 Å². The highest BCUT2D eigenvalue weighted by atomic mass is 16.5. The van der Waals surface area contributed by atoms with E-state index in [1.54, 1.807) is 36.4 Å². The Kier molecular flexibility index (Phi) is 5.31. The van der Waals surface area contributed by atoms with Crippen LogP contribution in [0.2, 0.25) is 0 Å². The number of ether oxygens (including phenoxy) is 2. The Morgan fingerprint density at radius 2 is 1.68 bits per heavy atom. The van der Waals surface area contributed by atoms with Crippen LogP contribution in [0.5, 0.6) is 5.75 Å². The van der Waals surface area contributed by atoms with Crippen LogP contribution in [-0.2, 0) is 11.3 Å². The number of hydrogen-bond donors (Lipinski definition) is 0. The molecular weight excluding hydrogens is 280 g/mol. The average Bonchev–Trinajstić information content (AvgIpc) is 2.53. The van der Waals surface area contributed by atoms with Gasteiger partial charge in [0.15, 0.2) is 0 Å². The van der Waals surface area contributed by atoms with E-state index in [-0.39, 0.29) is 12.1 Å². The Balaban J connectivity index is 1.93. The third kappa shape index (κ3) is 4.45. The van der Waals surface area contributed by atoms with Gasteiger partial charge in [-0.25, -0.2) is 4.79 Å². The fraction of sp³-hybridized carbons (Fsp3) is 0.222. The molecule has 0 bridgehead atoms. The van der Waals surface area contributed by atoms with Crippen molar-refractivity contribution in [1.82, 2.24) is 0 Å². The van der Waals surface area contributed by atoms with E-state index in [0.717, 1.165) is 11.8 Å². The number of carbonyl (C=O) groups is 2. The zero-order valence-corrected chi connectivity index (χ0v) is 12.6. The first kappa shape index (κ1) is 15.8. The minimum Gasteiger partial charge on any atom is -0.489 e. The molecule has 0 aliphatic rings. The lowest BCUT2D eigenvalue weighted by Crippen LogP contribution is -2.11. The van der Waals surface area contributed by atoms with Gasteiger partial charge in [-0.2, -0.15) is 0 Å². The number of aldehydes is 1. The predicted octanol–water partition coefficient (Wildman–Crippen LogP) is 3.64. The maximum atomic E-state index is 11.7. The summed E-state index contributed by atoms with van der Waals surface area (Å²) in [6.07, 6.45) is 0.656. The van der Waals surface area contributed by atoms with Crippen LogP contribution in [0.3, 0.4) is 0 Å². The summed E-state index contributed by atoms with van der Waals surface area (Å²) < 4.78 is 10.8. The summed E-state index contributed by atoms with van der Waals surface area (Å²) in [4.78, 5) is 22.3. The Hall–Kier alpha value is -2.62. The normalized spacial score (nSPS) is 10.3. The number of benzene rings is 2. The second-order valence-electron chi connectivity index (χ2n) is 5.13. The number of carbonyl (C=O) groups excluding carboxylic acids is 2. The largest absolute Gasteiger partial charge is 0.489 e. The second-order valence-corrected chi connectivity index (χ2v) is 5.13. The summed E-state index contributed by atoms with van der Waals surface area (Å²) in [7, 11) is 0. The van der Waals surface area contributed by atoms with Crippen molar-refractivity contribution < 1.29 is 19.1 Å². The van der Waals surface area contributed by atoms with E-state index >= 15 is 0 Å². The summed E-state index contributed by atoms with van der Waals surface area (Å²) >= 11 is 0. The van der Waals surface area contributed by atoms with Gasteiger partial charge in [-0.1, -0.05) is 12.1 Å². The van der Waals surface area contributed by atoms with Crippen LogP contribution in [0, 0.1) is 0 Å². The molecule has 0 aliphatic heterocycles. The van der Waals surface area contributed by atoms with Crippen molar-refractivity contribution in [2.24, 2.45) is 0 Å². The summed E-state index contributed by atoms with van der Waals surface area (Å²) in [5.74, 6) is 0.362. The molecule has 0 aliphatic carbocycles. The molecule has 0 saturated carbocycles. The highest BCUT2D eigenvalue weighted by Gasteiger charge is 2.08. The number of rotatable bonds is 6. The van der Waals surface area contributed by atoms with Crippen molar-refractivity contribution in [2.75, 3.05) is 0 Å². The zero-order chi connectivity index (χ0) is 15.9. The highest BCUT2D eigenvalue weighted by Crippen LogP contribution is 2.14. The van der Waals surface area contributed by atoms with Gasteiger partial charge in [-0.15, -0.1) is 0 Å². The first-order valence-corrected chi connectivity index (χ1v) is 7.06. The highest BCUT2D eigenvalue weighted by molar-refractivity contribution is 5.89. The molecule has 0 amide bonds. The predicted molar refractivity (Wildman–Crippen MR) is 83.2 cm³/mol. The van der Waals surface area contributed by atoms with E-state index in [1.165, 1.54) is 0 Å². The number of esters is 1. The maximum absolute atomic E-state index is 11.7. The third-order valence-electron chi connectivity index (χ3n) is 2.95. The Morgan fingerprint density at radius 1 is 1.05 bits per heavy atom. The van der Waals surface area contributed by atoms with E-state index in [2.05, 4.69) is 0 Å². The molecule has 4 nitrogen and oxygen atoms in total. The average molecular weight is 298 g/mol. The Bertz CT molecular complexity index is 627. The molecule has 0 spiro atoms. The lowest BCUT2D eigenvalue weighted by molar-refractivity contribution is 0.0378. The van der Waals surface area contributed by atoms with E-state index in [0.29, 0.717) is 23.5 Å². The van der Waals surface area contributed by atoms with Crippen LogP contribution in [-0.4, -0.2) is 18.4 Å². The van der Waals surface area contributed by atoms with Crippen LogP contribution >= 0.6 is 0 Å². The lowest BCUT2D eigenvalue weighted by Gasteiger charge is -2.09. The van der Waals surface area contributed by atoms with E-state index in [4.69, 9.17) is 9.47 Å². The van der Waals surface area contributed by atoms with Crippen molar-refractivity contribution in [3.63, 3.8) is 0 Å². The Labute approximate surface area is 129 Å². The fourth-order valence-electron chi connectivity index (χ4n) is 1.83. The second kappa shape index (κ2) is 7.41.